The first-order valence-electron chi connectivity index (χ1n) is 9.40. The summed E-state index contributed by atoms with van der Waals surface area (Å²) >= 11 is 6.20. The van der Waals surface area contributed by atoms with Crippen LogP contribution in [-0.4, -0.2) is 34.6 Å². The molecule has 4 aromatic rings. The lowest BCUT2D eigenvalue weighted by Crippen LogP contribution is -2.44. The predicted octanol–water partition coefficient (Wildman–Crippen LogP) is 4.17. The Morgan fingerprint density at radius 2 is 1.70 bits per heavy atom. The summed E-state index contributed by atoms with van der Waals surface area (Å²) in [5.74, 6) is -1.11. The number of halogens is 1. The molecule has 3 N–H and O–H groups in total. The molecule has 1 aromatic heterocycles. The van der Waals surface area contributed by atoms with Gasteiger partial charge in [-0.15, -0.1) is 0 Å². The maximum absolute atomic E-state index is 12.4. The van der Waals surface area contributed by atoms with E-state index in [0.29, 0.717) is 10.8 Å². The number of rotatable bonds is 7. The van der Waals surface area contributed by atoms with Gasteiger partial charge in [0.25, 0.3) is 5.91 Å². The van der Waals surface area contributed by atoms with Gasteiger partial charge in [-0.2, -0.15) is 0 Å². The van der Waals surface area contributed by atoms with Crippen LogP contribution in [0.15, 0.2) is 66.9 Å². The zero-order chi connectivity index (χ0) is 21.1. The van der Waals surface area contributed by atoms with E-state index < -0.39 is 17.9 Å². The number of carbonyl (C=O) groups is 2. The molecule has 1 amide bonds. The standard InChI is InChI=1S/C23H19ClN2O4/c24-18-9-10-21(17-7-2-1-6-16(17)18)30-13-22(27)26-20(23(28)29)11-14-12-25-19-8-4-3-5-15(14)19/h1-10,12,20,25H,11,13H2,(H,26,27)(H,28,29)/t20-/m0/s1. The molecule has 0 aliphatic rings. The number of nitrogens with one attached hydrogen (secondary N) is 2. The Balaban J connectivity index is 1.44. The Labute approximate surface area is 177 Å². The summed E-state index contributed by atoms with van der Waals surface area (Å²) in [6.45, 7) is -0.302. The van der Waals surface area contributed by atoms with Crippen LogP contribution in [0.5, 0.6) is 5.75 Å². The van der Waals surface area contributed by atoms with Crippen molar-refractivity contribution in [2.75, 3.05) is 6.61 Å². The van der Waals surface area contributed by atoms with E-state index in [1.54, 1.807) is 18.3 Å². The third-order valence-corrected chi connectivity index (χ3v) is 5.25. The number of carboxylic acid groups (broad SMARTS) is 1. The lowest BCUT2D eigenvalue weighted by atomic mass is 10.1. The van der Waals surface area contributed by atoms with Crippen molar-refractivity contribution in [1.29, 1.82) is 0 Å². The SMILES string of the molecule is O=C(COc1ccc(Cl)c2ccccc12)N[C@@H](Cc1c[nH]c2ccccc12)C(=O)O. The summed E-state index contributed by atoms with van der Waals surface area (Å²) in [6, 6.07) is 17.4. The Kier molecular flexibility index (Phi) is 5.59. The first-order valence-corrected chi connectivity index (χ1v) is 9.78. The molecule has 0 saturated heterocycles. The van der Waals surface area contributed by atoms with Crippen LogP contribution in [0.1, 0.15) is 5.56 Å². The van der Waals surface area contributed by atoms with E-state index in [0.717, 1.165) is 27.2 Å². The number of amides is 1. The van der Waals surface area contributed by atoms with Crippen LogP contribution in [0, 0.1) is 0 Å². The fraction of sp³-hybridized carbons (Fsp3) is 0.130. The van der Waals surface area contributed by atoms with Gasteiger partial charge < -0.3 is 20.1 Å². The van der Waals surface area contributed by atoms with E-state index in [2.05, 4.69) is 10.3 Å². The molecular weight excluding hydrogens is 404 g/mol. The van der Waals surface area contributed by atoms with E-state index in [9.17, 15) is 14.7 Å². The highest BCUT2D eigenvalue weighted by molar-refractivity contribution is 6.35. The summed E-state index contributed by atoms with van der Waals surface area (Å²) in [6.07, 6.45) is 1.93. The van der Waals surface area contributed by atoms with Gasteiger partial charge in [-0.05, 0) is 23.8 Å². The highest BCUT2D eigenvalue weighted by atomic mass is 35.5. The van der Waals surface area contributed by atoms with Gasteiger partial charge in [-0.1, -0.05) is 54.1 Å². The minimum absolute atomic E-state index is 0.162. The van der Waals surface area contributed by atoms with Gasteiger partial charge in [-0.25, -0.2) is 4.79 Å². The molecule has 0 unspecified atom stereocenters. The molecule has 1 heterocycles. The zero-order valence-electron chi connectivity index (χ0n) is 15.9. The summed E-state index contributed by atoms with van der Waals surface area (Å²) in [7, 11) is 0. The average Bonchev–Trinajstić information content (AvgIpc) is 3.16. The predicted molar refractivity (Wildman–Crippen MR) is 116 cm³/mol. The van der Waals surface area contributed by atoms with Crippen molar-refractivity contribution in [2.45, 2.75) is 12.5 Å². The number of H-pyrrole nitrogens is 1. The van der Waals surface area contributed by atoms with Crippen LogP contribution in [0.25, 0.3) is 21.7 Å². The van der Waals surface area contributed by atoms with Crippen molar-refractivity contribution >= 4 is 45.2 Å². The fourth-order valence-corrected chi connectivity index (χ4v) is 3.69. The lowest BCUT2D eigenvalue weighted by Gasteiger charge is -2.15. The molecule has 0 radical (unpaired) electrons. The minimum atomic E-state index is -1.11. The topological polar surface area (TPSA) is 91.4 Å². The first kappa shape index (κ1) is 19.8. The number of fused-ring (bicyclic) bond motifs is 2. The van der Waals surface area contributed by atoms with Gasteiger partial charge in [0, 0.05) is 39.3 Å². The number of carbonyl (C=O) groups excluding carboxylic acids is 1. The molecule has 6 nitrogen and oxygen atoms in total. The maximum atomic E-state index is 12.4. The van der Waals surface area contributed by atoms with Crippen LogP contribution in [0.3, 0.4) is 0 Å². The van der Waals surface area contributed by atoms with E-state index in [4.69, 9.17) is 16.3 Å². The minimum Gasteiger partial charge on any atom is -0.483 e. The molecule has 1 atom stereocenters. The molecule has 0 fully saturated rings. The quantitative estimate of drug-likeness (QED) is 0.417. The molecule has 0 saturated carbocycles. The van der Waals surface area contributed by atoms with Crippen LogP contribution in [-0.2, 0) is 16.0 Å². The van der Waals surface area contributed by atoms with Crippen molar-refractivity contribution in [3.63, 3.8) is 0 Å². The molecule has 0 bridgehead atoms. The van der Waals surface area contributed by atoms with Gasteiger partial charge in [0.05, 0.1) is 0 Å². The van der Waals surface area contributed by atoms with Crippen LogP contribution in [0.2, 0.25) is 5.02 Å². The number of aromatic amines is 1. The van der Waals surface area contributed by atoms with Crippen LogP contribution in [0.4, 0.5) is 0 Å². The highest BCUT2D eigenvalue weighted by Crippen LogP contribution is 2.31. The number of aromatic nitrogens is 1. The van der Waals surface area contributed by atoms with Gasteiger partial charge in [0.2, 0.25) is 0 Å². The normalized spacial score (nSPS) is 12.0. The molecule has 30 heavy (non-hydrogen) atoms. The van der Waals surface area contributed by atoms with Gasteiger partial charge in [-0.3, -0.25) is 4.79 Å². The Hall–Kier alpha value is -3.51. The second kappa shape index (κ2) is 8.47. The molecule has 7 heteroatoms. The highest BCUT2D eigenvalue weighted by Gasteiger charge is 2.22. The van der Waals surface area contributed by atoms with Crippen molar-refractivity contribution in [3.05, 3.63) is 77.4 Å². The lowest BCUT2D eigenvalue weighted by molar-refractivity contribution is -0.142. The molecule has 0 spiro atoms. The Morgan fingerprint density at radius 1 is 1.00 bits per heavy atom. The number of ether oxygens (including phenoxy) is 1. The Bertz CT molecular complexity index is 1230. The van der Waals surface area contributed by atoms with E-state index in [-0.39, 0.29) is 13.0 Å². The monoisotopic (exact) mass is 422 g/mol. The molecule has 152 valence electrons. The van der Waals surface area contributed by atoms with E-state index >= 15 is 0 Å². The second-order valence-corrected chi connectivity index (χ2v) is 7.31. The average molecular weight is 423 g/mol. The molecule has 3 aromatic carbocycles. The third-order valence-electron chi connectivity index (χ3n) is 4.92. The first-order chi connectivity index (χ1) is 14.5. The van der Waals surface area contributed by atoms with E-state index in [1.165, 1.54) is 0 Å². The van der Waals surface area contributed by atoms with Gasteiger partial charge in [0.15, 0.2) is 6.61 Å². The summed E-state index contributed by atoms with van der Waals surface area (Å²) in [5, 5.41) is 15.2. The summed E-state index contributed by atoms with van der Waals surface area (Å²) in [5.41, 5.74) is 1.74. The second-order valence-electron chi connectivity index (χ2n) is 6.90. The van der Waals surface area contributed by atoms with Crippen molar-refractivity contribution < 1.29 is 19.4 Å². The molecular formula is C23H19ClN2O4. The molecule has 4 rings (SSSR count). The van der Waals surface area contributed by atoms with Crippen LogP contribution >= 0.6 is 11.6 Å². The third kappa shape index (κ3) is 4.09. The molecule has 0 aliphatic carbocycles. The largest absolute Gasteiger partial charge is 0.483 e. The van der Waals surface area contributed by atoms with Gasteiger partial charge >= 0.3 is 5.97 Å². The number of carboxylic acids is 1. The summed E-state index contributed by atoms with van der Waals surface area (Å²) in [4.78, 5) is 27.2. The summed E-state index contributed by atoms with van der Waals surface area (Å²) < 4.78 is 5.65. The van der Waals surface area contributed by atoms with E-state index in [1.807, 2.05) is 48.5 Å². The number of hydrogen-bond donors (Lipinski definition) is 3. The van der Waals surface area contributed by atoms with Gasteiger partial charge in [0.1, 0.15) is 11.8 Å². The van der Waals surface area contributed by atoms with Crippen molar-refractivity contribution in [1.82, 2.24) is 10.3 Å². The smallest absolute Gasteiger partial charge is 0.326 e. The van der Waals surface area contributed by atoms with Crippen molar-refractivity contribution in [3.8, 4) is 5.75 Å². The van der Waals surface area contributed by atoms with Crippen LogP contribution < -0.4 is 10.1 Å². The maximum Gasteiger partial charge on any atom is 0.326 e. The Morgan fingerprint density at radius 3 is 2.47 bits per heavy atom. The fourth-order valence-electron chi connectivity index (χ4n) is 3.46. The number of aliphatic carboxylic acids is 1. The number of para-hydroxylation sites is 1. The number of hydrogen-bond acceptors (Lipinski definition) is 3. The number of benzene rings is 3. The van der Waals surface area contributed by atoms with Crippen molar-refractivity contribution in [2.24, 2.45) is 0 Å². The zero-order valence-corrected chi connectivity index (χ0v) is 16.6. The molecule has 0 aliphatic heterocycles.